The van der Waals surface area contributed by atoms with Gasteiger partial charge >= 0.3 is 0 Å². The molecule has 6 heteroatoms. The molecule has 2 heterocycles. The Morgan fingerprint density at radius 2 is 2.00 bits per heavy atom. The minimum atomic E-state index is -0.159. The average Bonchev–Trinajstić information content (AvgIpc) is 3.13. The minimum absolute atomic E-state index is 0.159. The van der Waals surface area contributed by atoms with Gasteiger partial charge in [-0.3, -0.25) is 14.8 Å². The summed E-state index contributed by atoms with van der Waals surface area (Å²) in [4.78, 5) is 25.1. The fourth-order valence-electron chi connectivity index (χ4n) is 2.64. The molecule has 0 saturated carbocycles. The first-order valence-electron chi connectivity index (χ1n) is 8.20. The summed E-state index contributed by atoms with van der Waals surface area (Å²) in [5, 5.41) is 5.47. The molecule has 0 fully saturated rings. The Morgan fingerprint density at radius 3 is 2.68 bits per heavy atom. The van der Waals surface area contributed by atoms with Gasteiger partial charge in [-0.15, -0.1) is 11.3 Å². The lowest BCUT2D eigenvalue weighted by Gasteiger charge is -2.21. The Hall–Kier alpha value is -2.60. The van der Waals surface area contributed by atoms with Crippen LogP contribution in [0.2, 0.25) is 0 Å². The van der Waals surface area contributed by atoms with E-state index in [-0.39, 0.29) is 11.8 Å². The summed E-state index contributed by atoms with van der Waals surface area (Å²) in [6, 6.07) is 10.3. The number of hydrogen-bond donors (Lipinski definition) is 1. The average molecular weight is 352 g/mol. The van der Waals surface area contributed by atoms with Crippen LogP contribution in [0.25, 0.3) is 10.7 Å². The van der Waals surface area contributed by atoms with E-state index in [0.717, 1.165) is 0 Å². The molecule has 1 aromatic carbocycles. The highest BCUT2D eigenvalue weighted by Gasteiger charge is 2.18. The predicted molar refractivity (Wildman–Crippen MR) is 99.5 cm³/mol. The molecule has 0 saturated heterocycles. The van der Waals surface area contributed by atoms with Crippen LogP contribution in [0.5, 0.6) is 0 Å². The van der Waals surface area contributed by atoms with Crippen LogP contribution in [-0.4, -0.2) is 27.4 Å². The van der Waals surface area contributed by atoms with Crippen molar-refractivity contribution in [2.45, 2.75) is 19.8 Å². The van der Waals surface area contributed by atoms with Crippen molar-refractivity contribution in [1.29, 1.82) is 0 Å². The smallest absolute Gasteiger partial charge is 0.270 e. The summed E-state index contributed by atoms with van der Waals surface area (Å²) in [5.74, 6) is 0.532. The molecule has 1 atom stereocenters. The van der Waals surface area contributed by atoms with Crippen molar-refractivity contribution in [3.05, 3.63) is 65.6 Å². The second-order valence-corrected chi connectivity index (χ2v) is 6.96. The number of thiazole rings is 1. The van der Waals surface area contributed by atoms with Crippen molar-refractivity contribution >= 4 is 17.2 Å². The Labute approximate surface area is 151 Å². The number of benzene rings is 1. The van der Waals surface area contributed by atoms with Gasteiger partial charge in [0.2, 0.25) is 0 Å². The van der Waals surface area contributed by atoms with Crippen LogP contribution in [0.1, 0.15) is 35.8 Å². The van der Waals surface area contributed by atoms with Crippen LogP contribution >= 0.6 is 11.3 Å². The highest BCUT2D eigenvalue weighted by atomic mass is 32.1. The summed E-state index contributed by atoms with van der Waals surface area (Å²) in [6.45, 7) is 4.91. The molecule has 0 spiro atoms. The number of nitrogens with one attached hydrogen (secondary N) is 1. The van der Waals surface area contributed by atoms with Gasteiger partial charge in [-0.25, -0.2) is 4.98 Å². The SMILES string of the molecule is CC(C)C(CNC(=O)c1csc(-c2cnccn2)n1)c1ccccc1. The molecule has 25 heavy (non-hydrogen) atoms. The van der Waals surface area contributed by atoms with Crippen LogP contribution < -0.4 is 5.32 Å². The van der Waals surface area contributed by atoms with Crippen LogP contribution in [0.4, 0.5) is 0 Å². The van der Waals surface area contributed by atoms with Crippen molar-refractivity contribution in [2.24, 2.45) is 5.92 Å². The lowest BCUT2D eigenvalue weighted by Crippen LogP contribution is -2.30. The Kier molecular flexibility index (Phi) is 5.50. The van der Waals surface area contributed by atoms with E-state index >= 15 is 0 Å². The maximum atomic E-state index is 12.4. The Morgan fingerprint density at radius 1 is 1.20 bits per heavy atom. The zero-order chi connectivity index (χ0) is 17.6. The molecule has 0 radical (unpaired) electrons. The van der Waals surface area contributed by atoms with Gasteiger partial charge < -0.3 is 5.32 Å². The van der Waals surface area contributed by atoms with Crippen molar-refractivity contribution in [1.82, 2.24) is 20.3 Å². The lowest BCUT2D eigenvalue weighted by atomic mass is 9.88. The third-order valence-corrected chi connectivity index (χ3v) is 4.90. The summed E-state index contributed by atoms with van der Waals surface area (Å²) in [7, 11) is 0. The van der Waals surface area contributed by atoms with Crippen molar-refractivity contribution < 1.29 is 4.79 Å². The molecule has 2 aromatic heterocycles. The van der Waals surface area contributed by atoms with Gasteiger partial charge in [0.25, 0.3) is 5.91 Å². The summed E-state index contributed by atoms with van der Waals surface area (Å²) in [6.07, 6.45) is 4.87. The van der Waals surface area contributed by atoms with Gasteiger partial charge in [-0.05, 0) is 11.5 Å². The maximum absolute atomic E-state index is 12.4. The fraction of sp³-hybridized carbons (Fsp3) is 0.263. The van der Waals surface area contributed by atoms with Gasteiger partial charge in [0.05, 0.1) is 6.20 Å². The van der Waals surface area contributed by atoms with Crippen LogP contribution in [0, 0.1) is 5.92 Å². The van der Waals surface area contributed by atoms with Crippen LogP contribution in [0.3, 0.4) is 0 Å². The van der Waals surface area contributed by atoms with E-state index in [9.17, 15) is 4.79 Å². The largest absolute Gasteiger partial charge is 0.350 e. The molecular formula is C19H20N4OS. The quantitative estimate of drug-likeness (QED) is 0.733. The third-order valence-electron chi connectivity index (χ3n) is 4.03. The second-order valence-electron chi connectivity index (χ2n) is 6.10. The Balaban J connectivity index is 1.67. The van der Waals surface area contributed by atoms with E-state index in [2.05, 4.69) is 46.2 Å². The molecular weight excluding hydrogens is 332 g/mol. The molecule has 0 aliphatic rings. The first-order valence-corrected chi connectivity index (χ1v) is 9.08. The lowest BCUT2D eigenvalue weighted by molar-refractivity contribution is 0.0945. The molecule has 0 bridgehead atoms. The molecule has 128 valence electrons. The van der Waals surface area contributed by atoms with Crippen molar-refractivity contribution in [3.63, 3.8) is 0 Å². The minimum Gasteiger partial charge on any atom is -0.350 e. The molecule has 0 aliphatic carbocycles. The first kappa shape index (κ1) is 17.2. The van der Waals surface area contributed by atoms with E-state index in [1.54, 1.807) is 24.0 Å². The van der Waals surface area contributed by atoms with Gasteiger partial charge in [0.15, 0.2) is 0 Å². The van der Waals surface area contributed by atoms with Gasteiger partial charge in [0, 0.05) is 30.2 Å². The molecule has 0 aliphatic heterocycles. The standard InChI is InChI=1S/C19H20N4OS/c1-13(2)15(14-6-4-3-5-7-14)10-22-18(24)17-12-25-19(23-17)16-11-20-8-9-21-16/h3-9,11-13,15H,10H2,1-2H3,(H,22,24). The Bertz CT molecular complexity index is 818. The molecule has 3 rings (SSSR count). The maximum Gasteiger partial charge on any atom is 0.270 e. The highest BCUT2D eigenvalue weighted by molar-refractivity contribution is 7.13. The van der Waals surface area contributed by atoms with Crippen LogP contribution in [0.15, 0.2) is 54.3 Å². The number of rotatable bonds is 6. The zero-order valence-electron chi connectivity index (χ0n) is 14.2. The highest BCUT2D eigenvalue weighted by Crippen LogP contribution is 2.24. The summed E-state index contributed by atoms with van der Waals surface area (Å²) >= 11 is 1.39. The van der Waals surface area contributed by atoms with E-state index in [1.807, 2.05) is 18.2 Å². The predicted octanol–water partition coefficient (Wildman–Crippen LogP) is 3.77. The third kappa shape index (κ3) is 4.28. The first-order chi connectivity index (χ1) is 12.1. The molecule has 1 unspecified atom stereocenters. The number of carbonyl (C=O) groups is 1. The normalized spacial score (nSPS) is 12.1. The summed E-state index contributed by atoms with van der Waals surface area (Å²) in [5.41, 5.74) is 2.33. The zero-order valence-corrected chi connectivity index (χ0v) is 15.0. The number of aromatic nitrogens is 3. The van der Waals surface area contributed by atoms with E-state index in [4.69, 9.17) is 0 Å². The second kappa shape index (κ2) is 7.98. The monoisotopic (exact) mass is 352 g/mol. The topological polar surface area (TPSA) is 67.8 Å². The van der Waals surface area contributed by atoms with Crippen molar-refractivity contribution in [2.75, 3.05) is 6.54 Å². The number of nitrogens with zero attached hydrogens (tertiary/aromatic N) is 3. The molecule has 1 amide bonds. The van der Waals surface area contributed by atoms with E-state index < -0.39 is 0 Å². The van der Waals surface area contributed by atoms with E-state index in [1.165, 1.54) is 16.9 Å². The van der Waals surface area contributed by atoms with Gasteiger partial charge in [-0.1, -0.05) is 44.2 Å². The van der Waals surface area contributed by atoms with Crippen molar-refractivity contribution in [3.8, 4) is 10.7 Å². The molecule has 1 N–H and O–H groups in total. The fourth-order valence-corrected chi connectivity index (χ4v) is 3.40. The molecule has 3 aromatic rings. The summed E-state index contributed by atoms with van der Waals surface area (Å²) < 4.78 is 0. The van der Waals surface area contributed by atoms with Gasteiger partial charge in [-0.2, -0.15) is 0 Å². The van der Waals surface area contributed by atoms with E-state index in [0.29, 0.717) is 28.9 Å². The molecule has 5 nitrogen and oxygen atoms in total. The number of amides is 1. The van der Waals surface area contributed by atoms with Gasteiger partial charge in [0.1, 0.15) is 16.4 Å². The van der Waals surface area contributed by atoms with Crippen LogP contribution in [-0.2, 0) is 0 Å². The number of hydrogen-bond acceptors (Lipinski definition) is 5. The number of carbonyl (C=O) groups excluding carboxylic acids is 1.